The number of aromatic nitrogens is 1. The molecule has 1 atom stereocenters. The Morgan fingerprint density at radius 1 is 1.22 bits per heavy atom. The van der Waals surface area contributed by atoms with Gasteiger partial charge in [0, 0.05) is 25.8 Å². The van der Waals surface area contributed by atoms with Crippen LogP contribution in [0.3, 0.4) is 0 Å². The van der Waals surface area contributed by atoms with E-state index in [2.05, 4.69) is 27.3 Å². The zero-order valence-corrected chi connectivity index (χ0v) is 16.2. The number of benzene rings is 1. The van der Waals surface area contributed by atoms with Crippen molar-refractivity contribution in [1.29, 1.82) is 0 Å². The average molecular weight is 367 g/mol. The number of nitrogens with zero attached hydrogens (tertiary/aromatic N) is 2. The number of amides is 1. The molecule has 0 aliphatic carbocycles. The monoisotopic (exact) mass is 367 g/mol. The second-order valence-corrected chi connectivity index (χ2v) is 7.32. The van der Waals surface area contributed by atoms with Gasteiger partial charge in [0.1, 0.15) is 5.82 Å². The molecule has 1 amide bonds. The number of nitrogens with one attached hydrogen (secondary N) is 1. The number of pyridine rings is 1. The van der Waals surface area contributed by atoms with Crippen LogP contribution in [0.4, 0.5) is 5.82 Å². The average Bonchev–Trinajstić information content (AvgIpc) is 2.71. The van der Waals surface area contributed by atoms with Crippen LogP contribution in [-0.4, -0.2) is 30.1 Å². The molecule has 0 unspecified atom stereocenters. The fourth-order valence-corrected chi connectivity index (χ4v) is 3.39. The van der Waals surface area contributed by atoms with Gasteiger partial charge in [-0.1, -0.05) is 30.3 Å². The molecule has 1 fully saturated rings. The summed E-state index contributed by atoms with van der Waals surface area (Å²) in [5.74, 6) is 1.07. The van der Waals surface area contributed by atoms with Crippen molar-refractivity contribution in [3.05, 3.63) is 59.8 Å². The van der Waals surface area contributed by atoms with E-state index < -0.39 is 0 Å². The first-order chi connectivity index (χ1) is 13.1. The Hall–Kier alpha value is -2.40. The molecule has 1 aliphatic rings. The summed E-state index contributed by atoms with van der Waals surface area (Å²) in [7, 11) is 0. The van der Waals surface area contributed by atoms with E-state index in [0.29, 0.717) is 13.2 Å². The van der Waals surface area contributed by atoms with E-state index in [1.807, 2.05) is 44.2 Å². The van der Waals surface area contributed by atoms with Gasteiger partial charge in [-0.25, -0.2) is 4.98 Å². The maximum Gasteiger partial charge on any atom is 0.225 e. The highest BCUT2D eigenvalue weighted by atomic mass is 16.5. The van der Waals surface area contributed by atoms with Crippen LogP contribution in [0.25, 0.3) is 0 Å². The van der Waals surface area contributed by atoms with E-state index in [0.717, 1.165) is 42.9 Å². The van der Waals surface area contributed by atoms with Gasteiger partial charge in [-0.2, -0.15) is 0 Å². The molecule has 27 heavy (non-hydrogen) atoms. The van der Waals surface area contributed by atoms with E-state index in [1.54, 1.807) is 6.20 Å². The van der Waals surface area contributed by atoms with Crippen molar-refractivity contribution in [1.82, 2.24) is 10.3 Å². The van der Waals surface area contributed by atoms with Crippen LogP contribution in [0.2, 0.25) is 0 Å². The highest BCUT2D eigenvalue weighted by Crippen LogP contribution is 2.21. The van der Waals surface area contributed by atoms with E-state index in [4.69, 9.17) is 4.74 Å². The number of carbonyl (C=O) groups is 1. The van der Waals surface area contributed by atoms with Gasteiger partial charge < -0.3 is 15.0 Å². The highest BCUT2D eigenvalue weighted by molar-refractivity contribution is 5.79. The van der Waals surface area contributed by atoms with Gasteiger partial charge in [-0.15, -0.1) is 0 Å². The van der Waals surface area contributed by atoms with Gasteiger partial charge in [-0.3, -0.25) is 4.79 Å². The Bertz CT molecular complexity index is 733. The predicted molar refractivity (Wildman–Crippen MR) is 107 cm³/mol. The van der Waals surface area contributed by atoms with Crippen molar-refractivity contribution in [3.8, 4) is 0 Å². The molecular formula is C22H29N3O2. The summed E-state index contributed by atoms with van der Waals surface area (Å²) in [6.45, 7) is 6.84. The molecule has 2 aromatic rings. The fourth-order valence-electron chi connectivity index (χ4n) is 3.39. The van der Waals surface area contributed by atoms with Crippen LogP contribution in [0.5, 0.6) is 0 Å². The van der Waals surface area contributed by atoms with Crippen molar-refractivity contribution in [2.45, 2.75) is 45.9 Å². The van der Waals surface area contributed by atoms with Crippen molar-refractivity contribution in [2.75, 3.05) is 18.0 Å². The summed E-state index contributed by atoms with van der Waals surface area (Å²) in [5.41, 5.74) is 2.24. The zero-order chi connectivity index (χ0) is 19.1. The van der Waals surface area contributed by atoms with Crippen molar-refractivity contribution in [2.24, 2.45) is 5.92 Å². The van der Waals surface area contributed by atoms with Crippen LogP contribution >= 0.6 is 0 Å². The Kier molecular flexibility index (Phi) is 6.82. The molecule has 1 aromatic carbocycles. The van der Waals surface area contributed by atoms with Gasteiger partial charge in [0.05, 0.1) is 18.6 Å². The van der Waals surface area contributed by atoms with E-state index in [9.17, 15) is 4.79 Å². The summed E-state index contributed by atoms with van der Waals surface area (Å²) >= 11 is 0. The summed E-state index contributed by atoms with van der Waals surface area (Å²) < 4.78 is 5.73. The first kappa shape index (κ1) is 19.4. The summed E-state index contributed by atoms with van der Waals surface area (Å²) in [6.07, 6.45) is 3.92. The Labute approximate surface area is 161 Å². The van der Waals surface area contributed by atoms with Crippen LogP contribution in [0.1, 0.15) is 37.8 Å². The smallest absolute Gasteiger partial charge is 0.225 e. The minimum absolute atomic E-state index is 0.000155. The van der Waals surface area contributed by atoms with Gasteiger partial charge >= 0.3 is 0 Å². The van der Waals surface area contributed by atoms with E-state index in [-0.39, 0.29) is 17.9 Å². The molecule has 0 spiro atoms. The van der Waals surface area contributed by atoms with Crippen molar-refractivity contribution in [3.63, 3.8) is 0 Å². The lowest BCUT2D eigenvalue weighted by molar-refractivity contribution is -0.125. The summed E-state index contributed by atoms with van der Waals surface area (Å²) in [4.78, 5) is 19.4. The van der Waals surface area contributed by atoms with Crippen LogP contribution in [0, 0.1) is 5.92 Å². The molecule has 0 radical (unpaired) electrons. The van der Waals surface area contributed by atoms with E-state index >= 15 is 0 Å². The van der Waals surface area contributed by atoms with Gasteiger partial charge in [0.2, 0.25) is 5.91 Å². The maximum atomic E-state index is 12.7. The number of anilines is 1. The molecule has 1 aliphatic heterocycles. The van der Waals surface area contributed by atoms with Gasteiger partial charge in [0.25, 0.3) is 0 Å². The molecule has 3 rings (SSSR count). The number of rotatable bonds is 7. The molecule has 0 bridgehead atoms. The Morgan fingerprint density at radius 2 is 2.00 bits per heavy atom. The Morgan fingerprint density at radius 3 is 2.74 bits per heavy atom. The topological polar surface area (TPSA) is 54.5 Å². The fraction of sp³-hybridized carbons (Fsp3) is 0.455. The highest BCUT2D eigenvalue weighted by Gasteiger charge is 2.26. The minimum atomic E-state index is -0.000155. The molecule has 0 saturated carbocycles. The number of hydrogen-bond acceptors (Lipinski definition) is 4. The first-order valence-corrected chi connectivity index (χ1v) is 9.75. The normalized spacial score (nSPS) is 17.1. The Balaban J connectivity index is 1.56. The lowest BCUT2D eigenvalue weighted by Crippen LogP contribution is -2.43. The molecule has 1 N–H and O–H groups in total. The molecule has 1 saturated heterocycles. The standard InChI is InChI=1S/C22H29N3O2/c1-17(2)27-16-20-9-4-3-8-18(20)14-24-22(26)19-10-7-13-25(15-19)21-11-5-6-12-23-21/h3-6,8-9,11-12,17,19H,7,10,13-16H2,1-2H3,(H,24,26)/t19-/m0/s1. The zero-order valence-electron chi connectivity index (χ0n) is 16.2. The third-order valence-electron chi connectivity index (χ3n) is 4.91. The molecular weight excluding hydrogens is 338 g/mol. The van der Waals surface area contributed by atoms with Crippen molar-refractivity contribution >= 4 is 11.7 Å². The number of ether oxygens (including phenoxy) is 1. The SMILES string of the molecule is CC(C)OCc1ccccc1CNC(=O)[C@H]1CCCN(c2ccccn2)C1. The molecule has 1 aromatic heterocycles. The summed E-state index contributed by atoms with van der Waals surface area (Å²) in [5, 5.41) is 3.13. The van der Waals surface area contributed by atoms with Gasteiger partial charge in [0.15, 0.2) is 0 Å². The lowest BCUT2D eigenvalue weighted by Gasteiger charge is -2.32. The number of hydrogen-bond donors (Lipinski definition) is 1. The van der Waals surface area contributed by atoms with Crippen LogP contribution < -0.4 is 10.2 Å². The third kappa shape index (κ3) is 5.54. The van der Waals surface area contributed by atoms with Gasteiger partial charge in [-0.05, 0) is 49.9 Å². The number of carbonyl (C=O) groups excluding carboxylic acids is 1. The maximum absolute atomic E-state index is 12.7. The van der Waals surface area contributed by atoms with Crippen LogP contribution in [0.15, 0.2) is 48.7 Å². The third-order valence-corrected chi connectivity index (χ3v) is 4.91. The predicted octanol–water partition coefficient (Wildman–Crippen LogP) is 3.54. The lowest BCUT2D eigenvalue weighted by atomic mass is 9.97. The molecule has 2 heterocycles. The number of piperidine rings is 1. The second kappa shape index (κ2) is 9.51. The molecule has 5 nitrogen and oxygen atoms in total. The summed E-state index contributed by atoms with van der Waals surface area (Å²) in [6, 6.07) is 14.0. The van der Waals surface area contributed by atoms with Crippen LogP contribution in [-0.2, 0) is 22.7 Å². The van der Waals surface area contributed by atoms with E-state index in [1.165, 1.54) is 0 Å². The molecule has 5 heteroatoms. The largest absolute Gasteiger partial charge is 0.374 e. The minimum Gasteiger partial charge on any atom is -0.374 e. The molecule has 144 valence electrons. The second-order valence-electron chi connectivity index (χ2n) is 7.32. The quantitative estimate of drug-likeness (QED) is 0.813. The van der Waals surface area contributed by atoms with Crippen molar-refractivity contribution < 1.29 is 9.53 Å². The first-order valence-electron chi connectivity index (χ1n) is 9.75.